The van der Waals surface area contributed by atoms with Crippen molar-refractivity contribution in [1.29, 1.82) is 0 Å². The lowest BCUT2D eigenvalue weighted by Gasteiger charge is -2.35. The summed E-state index contributed by atoms with van der Waals surface area (Å²) in [6.07, 6.45) is 5.38. The SMILES string of the molecule is CN1CC[C@@]23C=C[C@@H](O)C[C@@H]2Oc2c(O[14CH3])ccc(c23)C1. The largest absolute Gasteiger partial charge is 0.493 e. The van der Waals surface area contributed by atoms with E-state index >= 15 is 0 Å². The van der Waals surface area contributed by atoms with Gasteiger partial charge in [-0.3, -0.25) is 0 Å². The van der Waals surface area contributed by atoms with Crippen molar-refractivity contribution >= 4 is 0 Å². The first-order valence-electron chi connectivity index (χ1n) is 7.57. The van der Waals surface area contributed by atoms with E-state index in [-0.39, 0.29) is 11.5 Å². The molecule has 0 aromatic heterocycles. The zero-order valence-corrected chi connectivity index (χ0v) is 12.5. The highest BCUT2D eigenvalue weighted by Gasteiger charge is 2.52. The maximum Gasteiger partial charge on any atom is 0.166 e. The van der Waals surface area contributed by atoms with Crippen LogP contribution in [-0.4, -0.2) is 42.9 Å². The number of aliphatic hydroxyl groups is 1. The van der Waals surface area contributed by atoms with E-state index < -0.39 is 6.10 Å². The van der Waals surface area contributed by atoms with Crippen LogP contribution in [0, 0.1) is 0 Å². The molecule has 0 saturated carbocycles. The lowest BCUT2D eigenvalue weighted by atomic mass is 9.69. The molecule has 4 nitrogen and oxygen atoms in total. The third-order valence-electron chi connectivity index (χ3n) is 5.15. The van der Waals surface area contributed by atoms with Crippen LogP contribution in [0.15, 0.2) is 24.3 Å². The topological polar surface area (TPSA) is 41.9 Å². The van der Waals surface area contributed by atoms with Gasteiger partial charge in [-0.25, -0.2) is 0 Å². The van der Waals surface area contributed by atoms with Gasteiger partial charge in [-0.2, -0.15) is 0 Å². The first kappa shape index (κ1) is 13.2. The average Bonchev–Trinajstić information content (AvgIpc) is 2.72. The zero-order valence-electron chi connectivity index (χ0n) is 12.5. The minimum atomic E-state index is -0.412. The molecule has 0 radical (unpaired) electrons. The van der Waals surface area contributed by atoms with E-state index in [1.807, 2.05) is 12.1 Å². The second-order valence-corrected chi connectivity index (χ2v) is 6.43. The molecule has 4 rings (SSSR count). The zero-order chi connectivity index (χ0) is 14.6. The molecule has 3 aliphatic rings. The van der Waals surface area contributed by atoms with Gasteiger partial charge >= 0.3 is 0 Å². The number of methoxy groups -OCH3 is 1. The van der Waals surface area contributed by atoms with Crippen molar-refractivity contribution in [1.82, 2.24) is 4.90 Å². The number of benzene rings is 1. The molecule has 1 aromatic rings. The lowest BCUT2D eigenvalue weighted by Crippen LogP contribution is -2.42. The maximum atomic E-state index is 9.97. The third kappa shape index (κ3) is 1.75. The lowest BCUT2D eigenvalue weighted by molar-refractivity contribution is 0.0821. The average molecular weight is 289 g/mol. The number of hydrogen-bond acceptors (Lipinski definition) is 4. The molecule has 1 spiro atoms. The van der Waals surface area contributed by atoms with Crippen LogP contribution in [0.2, 0.25) is 0 Å². The summed E-state index contributed by atoms with van der Waals surface area (Å²) in [5, 5.41) is 9.97. The summed E-state index contributed by atoms with van der Waals surface area (Å²) in [5.41, 5.74) is 2.48. The van der Waals surface area contributed by atoms with Gasteiger partial charge < -0.3 is 19.5 Å². The number of nitrogens with zero attached hydrogens (tertiary/aromatic N) is 1. The molecule has 2 aliphatic heterocycles. The molecule has 1 aliphatic carbocycles. The van der Waals surface area contributed by atoms with Crippen LogP contribution in [0.25, 0.3) is 0 Å². The molecule has 21 heavy (non-hydrogen) atoms. The number of ether oxygens (including phenoxy) is 2. The Labute approximate surface area is 125 Å². The summed E-state index contributed by atoms with van der Waals surface area (Å²) in [6.45, 7) is 1.96. The van der Waals surface area contributed by atoms with Gasteiger partial charge in [0.1, 0.15) is 6.10 Å². The van der Waals surface area contributed by atoms with E-state index in [4.69, 9.17) is 9.47 Å². The van der Waals surface area contributed by atoms with Crippen molar-refractivity contribution in [3.63, 3.8) is 0 Å². The van der Waals surface area contributed by atoms with E-state index in [0.29, 0.717) is 6.42 Å². The Balaban J connectivity index is 1.95. The molecule has 0 amide bonds. The minimum Gasteiger partial charge on any atom is -0.493 e. The molecule has 1 aromatic carbocycles. The van der Waals surface area contributed by atoms with Crippen LogP contribution < -0.4 is 9.47 Å². The van der Waals surface area contributed by atoms with Crippen molar-refractivity contribution in [3.8, 4) is 11.5 Å². The van der Waals surface area contributed by atoms with Gasteiger partial charge in [0.05, 0.1) is 18.6 Å². The second kappa shape index (κ2) is 4.49. The summed E-state index contributed by atoms with van der Waals surface area (Å²) in [4.78, 5) is 2.35. The standard InChI is InChI=1S/C17H21NO3/c1-18-8-7-17-6-5-12(19)9-14(17)21-16-13(20-2)4-3-11(10-18)15(16)17/h3-6,12,14,19H,7-10H2,1-2H3/t12-,14+,17+/m1/s1/i2+2. The maximum absolute atomic E-state index is 9.97. The number of hydrogen-bond donors (Lipinski definition) is 1. The predicted octanol–water partition coefficient (Wildman–Crippen LogP) is 1.85. The molecular formula is C17H21NO3. The monoisotopic (exact) mass is 289 g/mol. The van der Waals surface area contributed by atoms with Crippen molar-refractivity contribution in [2.24, 2.45) is 0 Å². The minimum absolute atomic E-state index is 0.00838. The van der Waals surface area contributed by atoms with Gasteiger partial charge in [-0.05, 0) is 31.6 Å². The summed E-state index contributed by atoms with van der Waals surface area (Å²) in [5.74, 6) is 1.68. The highest BCUT2D eigenvalue weighted by atomic mass is 16.6. The van der Waals surface area contributed by atoms with Crippen molar-refractivity contribution in [3.05, 3.63) is 35.4 Å². The van der Waals surface area contributed by atoms with Crippen molar-refractivity contribution in [2.45, 2.75) is 37.0 Å². The fourth-order valence-electron chi connectivity index (χ4n) is 4.08. The number of aliphatic hydroxyl groups excluding tert-OH is 1. The molecule has 0 fully saturated rings. The first-order chi connectivity index (χ1) is 10.1. The van der Waals surface area contributed by atoms with Crippen LogP contribution in [0.1, 0.15) is 24.0 Å². The molecule has 0 bridgehead atoms. The summed E-state index contributed by atoms with van der Waals surface area (Å²) in [6, 6.07) is 4.16. The van der Waals surface area contributed by atoms with Crippen LogP contribution >= 0.6 is 0 Å². The van der Waals surface area contributed by atoms with Crippen molar-refractivity contribution < 1.29 is 14.6 Å². The van der Waals surface area contributed by atoms with E-state index in [1.54, 1.807) is 7.11 Å². The third-order valence-corrected chi connectivity index (χ3v) is 5.15. The summed E-state index contributed by atoms with van der Waals surface area (Å²) in [7, 11) is 3.84. The van der Waals surface area contributed by atoms with Gasteiger partial charge in [0.2, 0.25) is 0 Å². The van der Waals surface area contributed by atoms with Gasteiger partial charge in [-0.15, -0.1) is 0 Å². The van der Waals surface area contributed by atoms with Crippen LogP contribution in [0.5, 0.6) is 11.5 Å². The Morgan fingerprint density at radius 3 is 3.14 bits per heavy atom. The van der Waals surface area contributed by atoms with Gasteiger partial charge in [-0.1, -0.05) is 18.2 Å². The first-order valence-corrected chi connectivity index (χ1v) is 7.57. The molecule has 2 heterocycles. The van der Waals surface area contributed by atoms with E-state index in [0.717, 1.165) is 31.0 Å². The summed E-state index contributed by atoms with van der Waals surface area (Å²) >= 11 is 0. The molecule has 112 valence electrons. The van der Waals surface area contributed by atoms with Crippen LogP contribution in [-0.2, 0) is 12.0 Å². The summed E-state index contributed by atoms with van der Waals surface area (Å²) < 4.78 is 11.8. The normalized spacial score (nSPS) is 33.9. The van der Waals surface area contributed by atoms with Crippen molar-refractivity contribution in [2.75, 3.05) is 20.7 Å². The highest BCUT2D eigenvalue weighted by molar-refractivity contribution is 5.60. The Morgan fingerprint density at radius 2 is 2.33 bits per heavy atom. The Bertz CT molecular complexity index is 612. The molecule has 3 atom stereocenters. The molecule has 4 heteroatoms. The molecule has 0 unspecified atom stereocenters. The van der Waals surface area contributed by atoms with Gasteiger partial charge in [0.15, 0.2) is 11.5 Å². The Hall–Kier alpha value is -1.52. The van der Waals surface area contributed by atoms with E-state index in [9.17, 15) is 5.11 Å². The Morgan fingerprint density at radius 1 is 1.48 bits per heavy atom. The molecule has 1 N–H and O–H groups in total. The van der Waals surface area contributed by atoms with Crippen LogP contribution in [0.3, 0.4) is 0 Å². The fourth-order valence-corrected chi connectivity index (χ4v) is 4.08. The van der Waals surface area contributed by atoms with E-state index in [1.165, 1.54) is 11.1 Å². The second-order valence-electron chi connectivity index (χ2n) is 6.43. The highest BCUT2D eigenvalue weighted by Crippen LogP contribution is 2.55. The quantitative estimate of drug-likeness (QED) is 0.801. The number of rotatable bonds is 1. The van der Waals surface area contributed by atoms with Gasteiger partial charge in [0, 0.05) is 18.5 Å². The fraction of sp³-hybridized carbons (Fsp3) is 0.529. The predicted molar refractivity (Wildman–Crippen MR) is 79.8 cm³/mol. The molecule has 0 saturated heterocycles. The van der Waals surface area contributed by atoms with E-state index in [2.05, 4.69) is 24.1 Å². The smallest absolute Gasteiger partial charge is 0.166 e. The molecular weight excluding hydrogens is 268 g/mol. The van der Waals surface area contributed by atoms with Crippen LogP contribution in [0.4, 0.5) is 0 Å². The van der Waals surface area contributed by atoms with Gasteiger partial charge in [0.25, 0.3) is 0 Å². The Kier molecular flexibility index (Phi) is 2.81.